The number of nitrogens with two attached hydrogens (primary N) is 1. The Kier molecular flexibility index (Phi) is 6.17. The van der Waals surface area contributed by atoms with Crippen LogP contribution in [0.2, 0.25) is 0 Å². The zero-order chi connectivity index (χ0) is 17.1. The zero-order valence-electron chi connectivity index (χ0n) is 14.1. The Labute approximate surface area is 153 Å². The molecule has 0 aliphatic carbocycles. The van der Waals surface area contributed by atoms with Gasteiger partial charge in [-0.1, -0.05) is 35.9 Å². The maximum absolute atomic E-state index is 12.4. The summed E-state index contributed by atoms with van der Waals surface area (Å²) < 4.78 is 0. The number of rotatable bonds is 4. The number of benzene rings is 2. The van der Waals surface area contributed by atoms with E-state index in [2.05, 4.69) is 5.32 Å². The van der Waals surface area contributed by atoms with E-state index in [0.717, 1.165) is 29.8 Å². The molecule has 3 rings (SSSR count). The molecule has 0 spiro atoms. The van der Waals surface area contributed by atoms with Crippen molar-refractivity contribution in [1.29, 1.82) is 0 Å². The van der Waals surface area contributed by atoms with Gasteiger partial charge in [0.1, 0.15) is 6.04 Å². The van der Waals surface area contributed by atoms with Crippen LogP contribution < -0.4 is 16.0 Å². The third-order valence-corrected chi connectivity index (χ3v) is 4.22. The summed E-state index contributed by atoms with van der Waals surface area (Å²) in [4.78, 5) is 26.0. The third kappa shape index (κ3) is 4.38. The molecule has 0 bridgehead atoms. The van der Waals surface area contributed by atoms with E-state index in [1.165, 1.54) is 0 Å². The first-order valence-corrected chi connectivity index (χ1v) is 8.08. The molecule has 2 aromatic carbocycles. The van der Waals surface area contributed by atoms with Gasteiger partial charge in [-0.3, -0.25) is 9.59 Å². The van der Waals surface area contributed by atoms with Crippen molar-refractivity contribution in [1.82, 2.24) is 0 Å². The van der Waals surface area contributed by atoms with Gasteiger partial charge < -0.3 is 16.0 Å². The lowest BCUT2D eigenvalue weighted by atomic mass is 10.1. The summed E-state index contributed by atoms with van der Waals surface area (Å²) in [6.45, 7) is 2.71. The van der Waals surface area contributed by atoms with E-state index in [1.54, 1.807) is 11.0 Å². The second kappa shape index (κ2) is 8.14. The Balaban J connectivity index is 0.00000225. The number of carbonyl (C=O) groups excluding carboxylic acids is 2. The van der Waals surface area contributed by atoms with Crippen molar-refractivity contribution in [2.75, 3.05) is 16.8 Å². The molecular weight excluding hydrogens is 338 g/mol. The van der Waals surface area contributed by atoms with E-state index < -0.39 is 6.04 Å². The maximum atomic E-state index is 12.4. The highest BCUT2D eigenvalue weighted by atomic mass is 35.5. The van der Waals surface area contributed by atoms with Gasteiger partial charge in [-0.05, 0) is 37.1 Å². The Bertz CT molecular complexity index is 762. The largest absolute Gasteiger partial charge is 0.324 e. The smallest absolute Gasteiger partial charge is 0.245 e. The second-order valence-electron chi connectivity index (χ2n) is 6.08. The highest BCUT2D eigenvalue weighted by molar-refractivity contribution is 5.98. The van der Waals surface area contributed by atoms with Crippen LogP contribution >= 0.6 is 12.4 Å². The fraction of sp³-hybridized carbons (Fsp3) is 0.263. The SMILES string of the molecule is Cc1ccc(C(N)C(=O)Nc2cccc(N3CCCC3=O)c2)cc1.Cl. The highest BCUT2D eigenvalue weighted by Gasteiger charge is 2.22. The number of nitrogens with one attached hydrogen (secondary N) is 1. The Morgan fingerprint density at radius 3 is 2.56 bits per heavy atom. The van der Waals surface area contributed by atoms with Crippen molar-refractivity contribution in [3.05, 3.63) is 59.7 Å². The Hall–Kier alpha value is -2.37. The molecule has 25 heavy (non-hydrogen) atoms. The standard InChI is InChI=1S/C19H21N3O2.ClH/c1-13-7-9-14(10-8-13)18(20)19(24)21-15-4-2-5-16(12-15)22-11-3-6-17(22)23;/h2,4-5,7-10,12,18H,3,6,11,20H2,1H3,(H,21,24);1H. The summed E-state index contributed by atoms with van der Waals surface area (Å²) in [5.74, 6) is -0.154. The molecule has 1 unspecified atom stereocenters. The second-order valence-corrected chi connectivity index (χ2v) is 6.08. The van der Waals surface area contributed by atoms with Gasteiger partial charge in [0.05, 0.1) is 0 Å². The Morgan fingerprint density at radius 1 is 1.20 bits per heavy atom. The topological polar surface area (TPSA) is 75.4 Å². The van der Waals surface area contributed by atoms with Crippen LogP contribution in [0.1, 0.15) is 30.0 Å². The molecule has 0 aromatic heterocycles. The van der Waals surface area contributed by atoms with Crippen molar-refractivity contribution in [2.24, 2.45) is 5.73 Å². The number of aryl methyl sites for hydroxylation is 1. The van der Waals surface area contributed by atoms with Crippen LogP contribution in [0.5, 0.6) is 0 Å². The van der Waals surface area contributed by atoms with Gasteiger partial charge in [0.2, 0.25) is 11.8 Å². The maximum Gasteiger partial charge on any atom is 0.245 e. The first-order chi connectivity index (χ1) is 11.5. The number of hydrogen-bond acceptors (Lipinski definition) is 3. The molecule has 1 aliphatic rings. The molecule has 1 atom stereocenters. The van der Waals surface area contributed by atoms with Crippen molar-refractivity contribution >= 4 is 35.6 Å². The van der Waals surface area contributed by atoms with Crippen LogP contribution in [-0.4, -0.2) is 18.4 Å². The number of hydrogen-bond donors (Lipinski definition) is 2. The van der Waals surface area contributed by atoms with Crippen molar-refractivity contribution in [3.8, 4) is 0 Å². The zero-order valence-corrected chi connectivity index (χ0v) is 14.9. The molecule has 0 saturated carbocycles. The first-order valence-electron chi connectivity index (χ1n) is 8.08. The van der Waals surface area contributed by atoms with Crippen LogP contribution in [0.4, 0.5) is 11.4 Å². The van der Waals surface area contributed by atoms with Crippen molar-refractivity contribution in [2.45, 2.75) is 25.8 Å². The fourth-order valence-electron chi connectivity index (χ4n) is 2.82. The van der Waals surface area contributed by atoms with Gasteiger partial charge in [0.15, 0.2) is 0 Å². The van der Waals surface area contributed by atoms with E-state index in [9.17, 15) is 9.59 Å². The number of nitrogens with zero attached hydrogens (tertiary/aromatic N) is 1. The molecule has 1 fully saturated rings. The molecule has 2 aromatic rings. The first kappa shape index (κ1) is 19.0. The van der Waals surface area contributed by atoms with Gasteiger partial charge >= 0.3 is 0 Å². The summed E-state index contributed by atoms with van der Waals surface area (Å²) in [6.07, 6.45) is 1.45. The molecule has 1 heterocycles. The summed E-state index contributed by atoms with van der Waals surface area (Å²) in [7, 11) is 0. The van der Waals surface area contributed by atoms with Crippen LogP contribution in [0.25, 0.3) is 0 Å². The minimum Gasteiger partial charge on any atom is -0.324 e. The number of anilines is 2. The lowest BCUT2D eigenvalue weighted by molar-refractivity contribution is -0.118. The predicted molar refractivity (Wildman–Crippen MR) is 102 cm³/mol. The fourth-order valence-corrected chi connectivity index (χ4v) is 2.82. The predicted octanol–water partition coefficient (Wildman–Crippen LogP) is 3.18. The Morgan fingerprint density at radius 2 is 1.92 bits per heavy atom. The van der Waals surface area contributed by atoms with Gasteiger partial charge in [0, 0.05) is 24.3 Å². The molecule has 132 valence electrons. The minimum absolute atomic E-state index is 0. The lowest BCUT2D eigenvalue weighted by Crippen LogP contribution is -2.28. The average Bonchev–Trinajstić information content (AvgIpc) is 3.01. The molecule has 2 amide bonds. The monoisotopic (exact) mass is 359 g/mol. The minimum atomic E-state index is -0.734. The summed E-state index contributed by atoms with van der Waals surface area (Å²) in [5, 5.41) is 2.83. The molecule has 6 heteroatoms. The van der Waals surface area contributed by atoms with Crippen LogP contribution in [0, 0.1) is 6.92 Å². The quantitative estimate of drug-likeness (QED) is 0.880. The van der Waals surface area contributed by atoms with Crippen LogP contribution in [0.15, 0.2) is 48.5 Å². The lowest BCUT2D eigenvalue weighted by Gasteiger charge is -2.18. The van der Waals surface area contributed by atoms with Crippen LogP contribution in [0.3, 0.4) is 0 Å². The average molecular weight is 360 g/mol. The molecule has 1 aliphatic heterocycles. The summed E-state index contributed by atoms with van der Waals surface area (Å²) in [6, 6.07) is 14.2. The van der Waals surface area contributed by atoms with Gasteiger partial charge in [-0.2, -0.15) is 0 Å². The number of carbonyl (C=O) groups is 2. The third-order valence-electron chi connectivity index (χ3n) is 4.22. The number of halogens is 1. The summed E-state index contributed by atoms with van der Waals surface area (Å²) in [5.41, 5.74) is 9.37. The molecule has 5 nitrogen and oxygen atoms in total. The van der Waals surface area contributed by atoms with Gasteiger partial charge in [-0.15, -0.1) is 12.4 Å². The van der Waals surface area contributed by atoms with E-state index in [1.807, 2.05) is 49.4 Å². The van der Waals surface area contributed by atoms with E-state index in [0.29, 0.717) is 12.1 Å². The molecule has 3 N–H and O–H groups in total. The van der Waals surface area contributed by atoms with Gasteiger partial charge in [0.25, 0.3) is 0 Å². The highest BCUT2D eigenvalue weighted by Crippen LogP contribution is 2.24. The van der Waals surface area contributed by atoms with E-state index >= 15 is 0 Å². The van der Waals surface area contributed by atoms with E-state index in [4.69, 9.17) is 5.73 Å². The van der Waals surface area contributed by atoms with Crippen molar-refractivity contribution < 1.29 is 9.59 Å². The van der Waals surface area contributed by atoms with E-state index in [-0.39, 0.29) is 24.2 Å². The van der Waals surface area contributed by atoms with Gasteiger partial charge in [-0.25, -0.2) is 0 Å². The number of amides is 2. The van der Waals surface area contributed by atoms with Crippen molar-refractivity contribution in [3.63, 3.8) is 0 Å². The molecule has 1 saturated heterocycles. The normalized spacial score (nSPS) is 14.8. The summed E-state index contributed by atoms with van der Waals surface area (Å²) >= 11 is 0. The molecular formula is C19H22ClN3O2. The van der Waals surface area contributed by atoms with Crippen LogP contribution in [-0.2, 0) is 9.59 Å². The molecule has 0 radical (unpaired) electrons.